The number of nitrogens with zero attached hydrogens (tertiary/aromatic N) is 5. The van der Waals surface area contributed by atoms with Crippen molar-refractivity contribution in [3.8, 4) is 11.1 Å². The van der Waals surface area contributed by atoms with Crippen LogP contribution in [-0.4, -0.2) is 46.3 Å². The third kappa shape index (κ3) is 3.21. The van der Waals surface area contributed by atoms with Crippen molar-refractivity contribution in [2.24, 2.45) is 0 Å². The molecule has 1 saturated carbocycles. The molecule has 0 bridgehead atoms. The van der Waals surface area contributed by atoms with Crippen LogP contribution in [0.2, 0.25) is 0 Å². The first-order valence-electron chi connectivity index (χ1n) is 9.80. The van der Waals surface area contributed by atoms with Crippen molar-refractivity contribution in [3.63, 3.8) is 0 Å². The SMILES string of the molecule is CCOC(=N)c1cc(-c2ccc(N(C)C)nc2)c2c(C3CC3)nn(CC)c2n1. The Balaban J connectivity index is 1.95. The summed E-state index contributed by atoms with van der Waals surface area (Å²) in [7, 11) is 3.95. The molecule has 7 nitrogen and oxygen atoms in total. The predicted octanol–water partition coefficient (Wildman–Crippen LogP) is 3.82. The first-order valence-corrected chi connectivity index (χ1v) is 9.80. The zero-order valence-corrected chi connectivity index (χ0v) is 16.9. The Morgan fingerprint density at radius 2 is 2.07 bits per heavy atom. The molecule has 7 heteroatoms. The van der Waals surface area contributed by atoms with Gasteiger partial charge in [0.05, 0.1) is 17.7 Å². The van der Waals surface area contributed by atoms with Crippen LogP contribution in [0.25, 0.3) is 22.2 Å². The molecule has 28 heavy (non-hydrogen) atoms. The van der Waals surface area contributed by atoms with E-state index in [1.54, 1.807) is 0 Å². The van der Waals surface area contributed by atoms with Crippen molar-refractivity contribution in [2.45, 2.75) is 39.2 Å². The van der Waals surface area contributed by atoms with Gasteiger partial charge < -0.3 is 9.64 Å². The molecule has 0 atom stereocenters. The summed E-state index contributed by atoms with van der Waals surface area (Å²) in [6.45, 7) is 5.12. The molecule has 3 heterocycles. The van der Waals surface area contributed by atoms with Crippen molar-refractivity contribution in [2.75, 3.05) is 25.6 Å². The van der Waals surface area contributed by atoms with E-state index in [-0.39, 0.29) is 5.90 Å². The Labute approximate surface area is 164 Å². The smallest absolute Gasteiger partial charge is 0.232 e. The molecule has 4 rings (SSSR count). The van der Waals surface area contributed by atoms with Gasteiger partial charge in [-0.25, -0.2) is 14.6 Å². The minimum absolute atomic E-state index is 0.0837. The summed E-state index contributed by atoms with van der Waals surface area (Å²) in [6, 6.07) is 6.03. The van der Waals surface area contributed by atoms with E-state index in [0.717, 1.165) is 40.2 Å². The Kier molecular flexibility index (Phi) is 4.75. The molecule has 1 aliphatic carbocycles. The lowest BCUT2D eigenvalue weighted by molar-refractivity contribution is 0.324. The normalized spacial score (nSPS) is 13.7. The Bertz CT molecular complexity index is 1020. The average Bonchev–Trinajstić information content (AvgIpc) is 3.48. The summed E-state index contributed by atoms with van der Waals surface area (Å²) in [4.78, 5) is 11.3. The second kappa shape index (κ2) is 7.22. The largest absolute Gasteiger partial charge is 0.477 e. The number of anilines is 1. The second-order valence-corrected chi connectivity index (χ2v) is 7.29. The van der Waals surface area contributed by atoms with Crippen LogP contribution < -0.4 is 4.90 Å². The van der Waals surface area contributed by atoms with E-state index in [9.17, 15) is 0 Å². The minimum Gasteiger partial charge on any atom is -0.477 e. The monoisotopic (exact) mass is 378 g/mol. The maximum absolute atomic E-state index is 8.25. The molecule has 146 valence electrons. The first-order chi connectivity index (χ1) is 13.5. The molecule has 0 radical (unpaired) electrons. The molecule has 3 aromatic rings. The lowest BCUT2D eigenvalue weighted by atomic mass is 10.0. The molecular weight excluding hydrogens is 352 g/mol. The van der Waals surface area contributed by atoms with Gasteiger partial charge in [0.25, 0.3) is 0 Å². The van der Waals surface area contributed by atoms with Crippen LogP contribution in [0, 0.1) is 5.41 Å². The van der Waals surface area contributed by atoms with Crippen LogP contribution in [0.4, 0.5) is 5.82 Å². The fourth-order valence-electron chi connectivity index (χ4n) is 3.43. The maximum atomic E-state index is 8.25. The van der Waals surface area contributed by atoms with Gasteiger partial charge in [-0.15, -0.1) is 0 Å². The Hall–Kier alpha value is -2.96. The topological polar surface area (TPSA) is 79.9 Å². The number of pyridine rings is 2. The minimum atomic E-state index is 0.0837. The highest BCUT2D eigenvalue weighted by molar-refractivity contribution is 6.00. The maximum Gasteiger partial charge on any atom is 0.232 e. The van der Waals surface area contributed by atoms with Gasteiger partial charge in [0.2, 0.25) is 5.90 Å². The zero-order chi connectivity index (χ0) is 19.8. The van der Waals surface area contributed by atoms with E-state index in [4.69, 9.17) is 20.2 Å². The van der Waals surface area contributed by atoms with Gasteiger partial charge in [-0.2, -0.15) is 5.10 Å². The van der Waals surface area contributed by atoms with Gasteiger partial charge in [0.1, 0.15) is 11.5 Å². The fraction of sp³-hybridized carbons (Fsp3) is 0.429. The summed E-state index contributed by atoms with van der Waals surface area (Å²) in [6.07, 6.45) is 4.23. The van der Waals surface area contributed by atoms with Gasteiger partial charge in [0, 0.05) is 38.3 Å². The van der Waals surface area contributed by atoms with Crippen molar-refractivity contribution >= 4 is 22.7 Å². The van der Waals surface area contributed by atoms with Gasteiger partial charge in [0.15, 0.2) is 5.65 Å². The number of fused-ring (bicyclic) bond motifs is 1. The number of aromatic nitrogens is 4. The van der Waals surface area contributed by atoms with Crippen LogP contribution in [0.15, 0.2) is 24.4 Å². The average molecular weight is 378 g/mol. The van der Waals surface area contributed by atoms with E-state index in [1.165, 1.54) is 12.8 Å². The molecular formula is C21H26N6O. The predicted molar refractivity (Wildman–Crippen MR) is 111 cm³/mol. The quantitative estimate of drug-likeness (QED) is 0.521. The van der Waals surface area contributed by atoms with E-state index in [1.807, 2.05) is 48.9 Å². The van der Waals surface area contributed by atoms with Crippen molar-refractivity contribution < 1.29 is 4.74 Å². The number of nitrogens with one attached hydrogen (secondary N) is 1. The van der Waals surface area contributed by atoms with E-state index < -0.39 is 0 Å². The molecule has 1 aliphatic rings. The number of aryl methyl sites for hydroxylation is 1. The first kappa shape index (κ1) is 18.4. The highest BCUT2D eigenvalue weighted by Crippen LogP contribution is 2.45. The summed E-state index contributed by atoms with van der Waals surface area (Å²) in [5.41, 5.74) is 4.48. The zero-order valence-electron chi connectivity index (χ0n) is 16.9. The van der Waals surface area contributed by atoms with E-state index in [0.29, 0.717) is 18.2 Å². The summed E-state index contributed by atoms with van der Waals surface area (Å²) in [5, 5.41) is 14.2. The van der Waals surface area contributed by atoms with Crippen molar-refractivity contribution in [1.29, 1.82) is 5.41 Å². The second-order valence-electron chi connectivity index (χ2n) is 7.29. The van der Waals surface area contributed by atoms with Gasteiger partial charge in [-0.3, -0.25) is 5.41 Å². The van der Waals surface area contributed by atoms with Crippen molar-refractivity contribution in [3.05, 3.63) is 35.8 Å². The number of hydrogen-bond donors (Lipinski definition) is 1. The molecule has 0 unspecified atom stereocenters. The lowest BCUT2D eigenvalue weighted by Gasteiger charge is -2.13. The fourth-order valence-corrected chi connectivity index (χ4v) is 3.43. The third-order valence-corrected chi connectivity index (χ3v) is 5.03. The summed E-state index contributed by atoms with van der Waals surface area (Å²) < 4.78 is 7.37. The Morgan fingerprint density at radius 3 is 2.64 bits per heavy atom. The highest BCUT2D eigenvalue weighted by atomic mass is 16.5. The standard InChI is InChI=1S/C21H26N6O/c1-5-27-21-18(19(25-27)13-7-8-13)15(11-16(24-21)20(22)28-6-2)14-9-10-17(23-12-14)26(3)4/h9-13,22H,5-8H2,1-4H3. The molecule has 3 aromatic heterocycles. The van der Waals surface area contributed by atoms with Crippen LogP contribution in [0.3, 0.4) is 0 Å². The third-order valence-electron chi connectivity index (χ3n) is 5.03. The molecule has 0 amide bonds. The van der Waals surface area contributed by atoms with Gasteiger partial charge in [-0.05, 0) is 50.5 Å². The lowest BCUT2D eigenvalue weighted by Crippen LogP contribution is -2.10. The van der Waals surface area contributed by atoms with Crippen LogP contribution in [0.5, 0.6) is 0 Å². The van der Waals surface area contributed by atoms with Crippen LogP contribution >= 0.6 is 0 Å². The molecule has 0 aromatic carbocycles. The Morgan fingerprint density at radius 1 is 1.29 bits per heavy atom. The summed E-state index contributed by atoms with van der Waals surface area (Å²) in [5.74, 6) is 1.49. The number of hydrogen-bond acceptors (Lipinski definition) is 6. The van der Waals surface area contributed by atoms with E-state index >= 15 is 0 Å². The van der Waals surface area contributed by atoms with Crippen LogP contribution in [0.1, 0.15) is 44.0 Å². The van der Waals surface area contributed by atoms with Crippen LogP contribution in [-0.2, 0) is 11.3 Å². The van der Waals surface area contributed by atoms with Gasteiger partial charge in [-0.1, -0.05) is 0 Å². The molecule has 0 aliphatic heterocycles. The molecule has 1 fully saturated rings. The number of ether oxygens (including phenoxy) is 1. The van der Waals surface area contributed by atoms with Crippen molar-refractivity contribution in [1.82, 2.24) is 19.7 Å². The summed E-state index contributed by atoms with van der Waals surface area (Å²) >= 11 is 0. The molecule has 1 N–H and O–H groups in total. The molecule has 0 spiro atoms. The number of rotatable bonds is 6. The van der Waals surface area contributed by atoms with E-state index in [2.05, 4.69) is 18.0 Å². The van der Waals surface area contributed by atoms with Gasteiger partial charge >= 0.3 is 0 Å². The highest BCUT2D eigenvalue weighted by Gasteiger charge is 2.31. The molecule has 0 saturated heterocycles.